The summed E-state index contributed by atoms with van der Waals surface area (Å²) in [5.41, 5.74) is 3.05. The number of ketones is 1. The van der Waals surface area contributed by atoms with E-state index in [4.69, 9.17) is 0 Å². The van der Waals surface area contributed by atoms with Crippen LogP contribution >= 0.6 is 0 Å². The third-order valence-corrected chi connectivity index (χ3v) is 6.28. The average molecular weight is 270 g/mol. The number of phenols is 1. The van der Waals surface area contributed by atoms with Crippen molar-refractivity contribution < 1.29 is 9.90 Å². The predicted molar refractivity (Wildman–Crippen MR) is 77.7 cm³/mol. The molecule has 0 saturated heterocycles. The Labute approximate surface area is 120 Å². The Morgan fingerprint density at radius 1 is 1.30 bits per heavy atom. The third kappa shape index (κ3) is 1.66. The van der Waals surface area contributed by atoms with E-state index in [1.165, 1.54) is 30.4 Å². The van der Waals surface area contributed by atoms with Gasteiger partial charge in [0.15, 0.2) is 0 Å². The topological polar surface area (TPSA) is 37.3 Å². The fraction of sp³-hybridized carbons (Fsp3) is 0.611. The van der Waals surface area contributed by atoms with E-state index in [0.29, 0.717) is 29.3 Å². The molecule has 4 rings (SSSR count). The molecule has 106 valence electrons. The Kier molecular flexibility index (Phi) is 2.55. The number of fused-ring (bicyclic) bond motifs is 5. The lowest BCUT2D eigenvalue weighted by Crippen LogP contribution is -2.39. The second-order valence-electron chi connectivity index (χ2n) is 7.41. The summed E-state index contributed by atoms with van der Waals surface area (Å²) >= 11 is 0. The maximum absolute atomic E-state index is 11.9. The summed E-state index contributed by atoms with van der Waals surface area (Å²) in [7, 11) is 0. The van der Waals surface area contributed by atoms with Crippen molar-refractivity contribution in [2.24, 2.45) is 17.3 Å². The maximum Gasteiger partial charge on any atom is 0.133 e. The molecule has 1 aromatic carbocycles. The lowest BCUT2D eigenvalue weighted by Gasteiger charge is -2.48. The summed E-state index contributed by atoms with van der Waals surface area (Å²) in [6.45, 7) is 2.34. The van der Waals surface area contributed by atoms with Crippen LogP contribution in [-0.2, 0) is 11.2 Å². The van der Waals surface area contributed by atoms with Crippen LogP contribution in [0.3, 0.4) is 0 Å². The summed E-state index contributed by atoms with van der Waals surface area (Å²) in [5.74, 6) is 2.75. The van der Waals surface area contributed by atoms with Crippen LogP contribution in [0.25, 0.3) is 0 Å². The maximum atomic E-state index is 11.9. The highest BCUT2D eigenvalue weighted by molar-refractivity contribution is 5.82. The quantitative estimate of drug-likeness (QED) is 0.778. The van der Waals surface area contributed by atoms with Crippen molar-refractivity contribution in [2.75, 3.05) is 0 Å². The highest BCUT2D eigenvalue weighted by Crippen LogP contribution is 2.60. The first kappa shape index (κ1) is 12.4. The van der Waals surface area contributed by atoms with Gasteiger partial charge in [-0.2, -0.15) is 0 Å². The molecular formula is C18H22O2. The molecule has 1 N–H and O–H groups in total. The number of carbonyl (C=O) groups is 1. The Balaban J connectivity index is 1.72. The lowest BCUT2D eigenvalue weighted by atomic mass is 9.56. The van der Waals surface area contributed by atoms with Crippen molar-refractivity contribution in [3.63, 3.8) is 0 Å². The van der Waals surface area contributed by atoms with E-state index in [-0.39, 0.29) is 5.41 Å². The first-order valence-electron chi connectivity index (χ1n) is 7.90. The fourth-order valence-corrected chi connectivity index (χ4v) is 5.35. The minimum absolute atomic E-state index is 0.271. The summed E-state index contributed by atoms with van der Waals surface area (Å²) in [6, 6.07) is 5.90. The number of hydrogen-bond acceptors (Lipinski definition) is 2. The number of benzene rings is 1. The van der Waals surface area contributed by atoms with Gasteiger partial charge in [0.2, 0.25) is 0 Å². The molecule has 2 fully saturated rings. The van der Waals surface area contributed by atoms with Gasteiger partial charge in [0, 0.05) is 12.8 Å². The van der Waals surface area contributed by atoms with Gasteiger partial charge in [-0.3, -0.25) is 4.79 Å². The number of phenolic OH excluding ortho intramolecular Hbond substituents is 1. The van der Waals surface area contributed by atoms with Gasteiger partial charge in [0.25, 0.3) is 0 Å². The van der Waals surface area contributed by atoms with Gasteiger partial charge in [-0.05, 0) is 72.1 Å². The Morgan fingerprint density at radius 3 is 3.00 bits per heavy atom. The molecule has 0 unspecified atom stereocenters. The number of Topliss-reactive ketones (excluding diaryl/α,β-unsaturated/α-hetero) is 1. The van der Waals surface area contributed by atoms with E-state index in [2.05, 4.69) is 13.0 Å². The van der Waals surface area contributed by atoms with Crippen molar-refractivity contribution in [3.05, 3.63) is 29.3 Å². The van der Waals surface area contributed by atoms with Crippen molar-refractivity contribution in [1.82, 2.24) is 0 Å². The summed E-state index contributed by atoms with van der Waals surface area (Å²) in [4.78, 5) is 11.9. The molecule has 0 heterocycles. The monoisotopic (exact) mass is 270 g/mol. The van der Waals surface area contributed by atoms with Crippen molar-refractivity contribution in [1.29, 1.82) is 0 Å². The molecule has 0 bridgehead atoms. The zero-order chi connectivity index (χ0) is 13.9. The Hall–Kier alpha value is -1.31. The van der Waals surface area contributed by atoms with Gasteiger partial charge < -0.3 is 5.11 Å². The second-order valence-corrected chi connectivity index (χ2v) is 7.41. The first-order chi connectivity index (χ1) is 9.57. The van der Waals surface area contributed by atoms with Gasteiger partial charge in [-0.25, -0.2) is 0 Å². The number of aromatic hydroxyl groups is 1. The minimum atomic E-state index is 0.271. The van der Waals surface area contributed by atoms with Crippen molar-refractivity contribution >= 4 is 5.78 Å². The molecule has 2 nitrogen and oxygen atoms in total. The number of aryl methyl sites for hydroxylation is 1. The largest absolute Gasteiger partial charge is 0.508 e. The van der Waals surface area contributed by atoms with E-state index in [1.54, 1.807) is 0 Å². The molecule has 1 aromatic rings. The zero-order valence-electron chi connectivity index (χ0n) is 12.1. The SMILES string of the molecule is C[C@]12CC[C@@H]3c4ccc(O)cc4CC[C@H]3[C@@H]1CC(=O)C2. The Morgan fingerprint density at radius 2 is 2.15 bits per heavy atom. The minimum Gasteiger partial charge on any atom is -0.508 e. The third-order valence-electron chi connectivity index (χ3n) is 6.28. The lowest BCUT2D eigenvalue weighted by molar-refractivity contribution is -0.118. The second kappa shape index (κ2) is 4.09. The normalized spacial score (nSPS) is 39.0. The number of rotatable bonds is 0. The number of hydrogen-bond donors (Lipinski definition) is 1. The molecule has 2 heteroatoms. The molecule has 0 aromatic heterocycles. The van der Waals surface area contributed by atoms with E-state index in [1.807, 2.05) is 12.1 Å². The van der Waals surface area contributed by atoms with Crippen LogP contribution in [-0.4, -0.2) is 10.9 Å². The van der Waals surface area contributed by atoms with Gasteiger partial charge in [0.05, 0.1) is 0 Å². The highest BCUT2D eigenvalue weighted by Gasteiger charge is 2.52. The molecule has 3 aliphatic rings. The highest BCUT2D eigenvalue weighted by atomic mass is 16.3. The van der Waals surface area contributed by atoms with E-state index in [9.17, 15) is 9.90 Å². The van der Waals surface area contributed by atoms with Crippen LogP contribution < -0.4 is 0 Å². The van der Waals surface area contributed by atoms with Crippen LogP contribution in [0.2, 0.25) is 0 Å². The fourth-order valence-electron chi connectivity index (χ4n) is 5.35. The molecule has 4 atom stereocenters. The summed E-state index contributed by atoms with van der Waals surface area (Å²) < 4.78 is 0. The molecule has 3 aliphatic carbocycles. The van der Waals surface area contributed by atoms with Gasteiger partial charge in [0.1, 0.15) is 11.5 Å². The molecule has 0 amide bonds. The van der Waals surface area contributed by atoms with Crippen LogP contribution in [0.5, 0.6) is 5.75 Å². The molecule has 0 radical (unpaired) electrons. The van der Waals surface area contributed by atoms with E-state index < -0.39 is 0 Å². The van der Waals surface area contributed by atoms with Gasteiger partial charge in [-0.15, -0.1) is 0 Å². The molecule has 2 saturated carbocycles. The van der Waals surface area contributed by atoms with E-state index in [0.717, 1.165) is 19.3 Å². The summed E-state index contributed by atoms with van der Waals surface area (Å²) in [6.07, 6.45) is 6.27. The van der Waals surface area contributed by atoms with Crippen LogP contribution in [0.15, 0.2) is 18.2 Å². The van der Waals surface area contributed by atoms with Crippen LogP contribution in [0.4, 0.5) is 0 Å². The number of carbonyl (C=O) groups excluding carboxylic acids is 1. The Bertz CT molecular complexity index is 577. The van der Waals surface area contributed by atoms with Crippen molar-refractivity contribution in [3.8, 4) is 5.75 Å². The van der Waals surface area contributed by atoms with Gasteiger partial charge in [-0.1, -0.05) is 13.0 Å². The van der Waals surface area contributed by atoms with Gasteiger partial charge >= 0.3 is 0 Å². The smallest absolute Gasteiger partial charge is 0.133 e. The molecule has 0 spiro atoms. The van der Waals surface area contributed by atoms with Crippen LogP contribution in [0.1, 0.15) is 56.1 Å². The zero-order valence-corrected chi connectivity index (χ0v) is 12.1. The predicted octanol–water partition coefficient (Wildman–Crippen LogP) is 3.82. The molecule has 0 aliphatic heterocycles. The average Bonchev–Trinajstić information content (AvgIpc) is 2.72. The summed E-state index contributed by atoms with van der Waals surface area (Å²) in [5, 5.41) is 9.67. The van der Waals surface area contributed by atoms with E-state index >= 15 is 0 Å². The standard InChI is InChI=1S/C18H22O2/c1-18-7-6-15-14-5-3-12(19)8-11(14)2-4-16(15)17(18)9-13(20)10-18/h3,5,8,15-17,19H,2,4,6-7,9-10H2,1H3/t15-,16-,17+,18-/m1/s1. The first-order valence-corrected chi connectivity index (χ1v) is 7.90. The van der Waals surface area contributed by atoms with Crippen molar-refractivity contribution in [2.45, 2.75) is 51.4 Å². The molecular weight excluding hydrogens is 248 g/mol. The van der Waals surface area contributed by atoms with Crippen LogP contribution in [0, 0.1) is 17.3 Å². The molecule has 20 heavy (non-hydrogen) atoms.